The zero-order valence-electron chi connectivity index (χ0n) is 15.3. The van der Waals surface area contributed by atoms with E-state index in [1.807, 2.05) is 0 Å². The van der Waals surface area contributed by atoms with Crippen molar-refractivity contribution in [3.63, 3.8) is 0 Å². The summed E-state index contributed by atoms with van der Waals surface area (Å²) in [5.74, 6) is -1.97. The third kappa shape index (κ3) is 2.99. The van der Waals surface area contributed by atoms with E-state index < -0.39 is 17.2 Å². The van der Waals surface area contributed by atoms with Gasteiger partial charge in [0.1, 0.15) is 18.3 Å². The van der Waals surface area contributed by atoms with E-state index >= 15 is 0 Å². The maximum Gasteiger partial charge on any atom is 0.341 e. The summed E-state index contributed by atoms with van der Waals surface area (Å²) >= 11 is 0. The van der Waals surface area contributed by atoms with Gasteiger partial charge in [0.2, 0.25) is 5.43 Å². The molecular formula is C18H20FN5O4. The van der Waals surface area contributed by atoms with E-state index in [2.05, 4.69) is 10.1 Å². The third-order valence-corrected chi connectivity index (χ3v) is 5.14. The lowest BCUT2D eigenvalue weighted by molar-refractivity contribution is 0.0695. The second-order valence-electron chi connectivity index (χ2n) is 7.04. The molecule has 1 aliphatic carbocycles. The second kappa shape index (κ2) is 6.86. The van der Waals surface area contributed by atoms with Crippen molar-refractivity contribution in [1.29, 1.82) is 0 Å². The zero-order valence-corrected chi connectivity index (χ0v) is 15.3. The molecule has 2 aliphatic rings. The molecule has 1 aliphatic heterocycles. The average molecular weight is 389 g/mol. The van der Waals surface area contributed by atoms with Crippen LogP contribution in [-0.2, 0) is 4.84 Å². The lowest BCUT2D eigenvalue weighted by Gasteiger charge is -2.25. The number of anilines is 1. The summed E-state index contributed by atoms with van der Waals surface area (Å²) in [6.45, 7) is 0.585. The fourth-order valence-electron chi connectivity index (χ4n) is 3.65. The zero-order chi connectivity index (χ0) is 20.0. The standard InChI is InChI=1S/C18H20FN5O4/c1-28-22-9-4-11(6-20)23(7-9)17-14(19)5-12-15(25)13(18(26)27)8-24(10-2-3-10)16(12)21-17/h5,8,10-11H,2-4,6-7,20H2,1H3,(H,26,27)/b22-9+. The number of carboxylic acid groups (broad SMARTS) is 1. The van der Waals surface area contributed by atoms with Crippen LogP contribution >= 0.6 is 0 Å². The number of rotatable bonds is 5. The number of aromatic nitrogens is 2. The molecule has 3 heterocycles. The largest absolute Gasteiger partial charge is 0.477 e. The Bertz CT molecular complexity index is 1050. The van der Waals surface area contributed by atoms with Gasteiger partial charge in [0, 0.05) is 31.2 Å². The van der Waals surface area contributed by atoms with Gasteiger partial charge < -0.3 is 25.1 Å². The number of aromatic carboxylic acids is 1. The number of pyridine rings is 2. The van der Waals surface area contributed by atoms with Gasteiger partial charge >= 0.3 is 5.97 Å². The molecule has 1 atom stereocenters. The van der Waals surface area contributed by atoms with E-state index in [-0.39, 0.29) is 41.0 Å². The number of halogens is 1. The summed E-state index contributed by atoms with van der Waals surface area (Å²) in [6, 6.07) is 0.930. The van der Waals surface area contributed by atoms with Crippen molar-refractivity contribution in [3.8, 4) is 0 Å². The van der Waals surface area contributed by atoms with Crippen LogP contribution in [0.1, 0.15) is 35.7 Å². The molecule has 1 saturated carbocycles. The van der Waals surface area contributed by atoms with Crippen molar-refractivity contribution in [2.75, 3.05) is 25.1 Å². The Morgan fingerprint density at radius 3 is 2.86 bits per heavy atom. The number of nitrogens with zero attached hydrogens (tertiary/aromatic N) is 4. The number of oxime groups is 1. The smallest absolute Gasteiger partial charge is 0.341 e. The number of fused-ring (bicyclic) bond motifs is 1. The highest BCUT2D eigenvalue weighted by molar-refractivity contribution is 5.94. The number of nitrogens with two attached hydrogens (primary N) is 1. The lowest BCUT2D eigenvalue weighted by Crippen LogP contribution is -2.36. The van der Waals surface area contributed by atoms with Crippen molar-refractivity contribution >= 4 is 28.5 Å². The number of carboxylic acids is 1. The first-order chi connectivity index (χ1) is 13.4. The number of carbonyl (C=O) groups is 1. The van der Waals surface area contributed by atoms with Crippen molar-refractivity contribution in [3.05, 3.63) is 33.9 Å². The molecule has 0 amide bonds. The number of hydrogen-bond donors (Lipinski definition) is 2. The Kier molecular flexibility index (Phi) is 4.50. The maximum atomic E-state index is 14.9. The first-order valence-electron chi connectivity index (χ1n) is 8.98. The molecule has 2 fully saturated rings. The van der Waals surface area contributed by atoms with E-state index in [4.69, 9.17) is 10.6 Å². The minimum Gasteiger partial charge on any atom is -0.477 e. The SMILES string of the molecule is CO/N=C1\CC(CN)N(c2nc3c(cc2F)c(=O)c(C(=O)O)cn3C2CC2)C1. The van der Waals surface area contributed by atoms with Gasteiger partial charge in [-0.2, -0.15) is 0 Å². The Morgan fingerprint density at radius 2 is 2.25 bits per heavy atom. The molecule has 4 rings (SSSR count). The van der Waals surface area contributed by atoms with E-state index in [1.165, 1.54) is 13.3 Å². The molecular weight excluding hydrogens is 369 g/mol. The quantitative estimate of drug-likeness (QED) is 0.734. The van der Waals surface area contributed by atoms with Crippen LogP contribution in [0.3, 0.4) is 0 Å². The predicted molar refractivity (Wildman–Crippen MR) is 100 cm³/mol. The van der Waals surface area contributed by atoms with Gasteiger partial charge in [0.25, 0.3) is 0 Å². The fourth-order valence-corrected chi connectivity index (χ4v) is 3.65. The predicted octanol–water partition coefficient (Wildman–Crippen LogP) is 1.11. The average Bonchev–Trinajstić information content (AvgIpc) is 3.42. The molecule has 0 spiro atoms. The van der Waals surface area contributed by atoms with Gasteiger partial charge in [-0.05, 0) is 18.9 Å². The topological polar surface area (TPSA) is 123 Å². The monoisotopic (exact) mass is 389 g/mol. The first-order valence-corrected chi connectivity index (χ1v) is 8.98. The van der Waals surface area contributed by atoms with Crippen molar-refractivity contribution in [2.24, 2.45) is 10.9 Å². The van der Waals surface area contributed by atoms with Gasteiger partial charge in [-0.3, -0.25) is 4.79 Å². The molecule has 2 aromatic rings. The summed E-state index contributed by atoms with van der Waals surface area (Å²) in [4.78, 5) is 34.9. The van der Waals surface area contributed by atoms with Crippen LogP contribution in [0, 0.1) is 5.82 Å². The van der Waals surface area contributed by atoms with Gasteiger partial charge in [-0.25, -0.2) is 14.2 Å². The highest BCUT2D eigenvalue weighted by atomic mass is 19.1. The summed E-state index contributed by atoms with van der Waals surface area (Å²) < 4.78 is 16.6. The van der Waals surface area contributed by atoms with E-state index in [1.54, 1.807) is 9.47 Å². The fraction of sp³-hybridized carbons (Fsp3) is 0.444. The molecule has 1 unspecified atom stereocenters. The Labute approximate surface area is 159 Å². The molecule has 2 aromatic heterocycles. The van der Waals surface area contributed by atoms with Crippen molar-refractivity contribution in [1.82, 2.24) is 9.55 Å². The summed E-state index contributed by atoms with van der Waals surface area (Å²) in [7, 11) is 1.44. The van der Waals surface area contributed by atoms with Crippen molar-refractivity contribution in [2.45, 2.75) is 31.3 Å². The molecule has 3 N–H and O–H groups in total. The normalized spacial score (nSPS) is 20.9. The van der Waals surface area contributed by atoms with Crippen molar-refractivity contribution < 1.29 is 19.1 Å². The molecule has 148 valence electrons. The van der Waals surface area contributed by atoms with Crippen LogP contribution in [0.25, 0.3) is 11.0 Å². The molecule has 28 heavy (non-hydrogen) atoms. The van der Waals surface area contributed by atoms with E-state index in [0.29, 0.717) is 13.0 Å². The van der Waals surface area contributed by atoms with Crippen LogP contribution in [0.4, 0.5) is 10.2 Å². The van der Waals surface area contributed by atoms with E-state index in [9.17, 15) is 19.1 Å². The second-order valence-corrected chi connectivity index (χ2v) is 7.04. The van der Waals surface area contributed by atoms with Crippen LogP contribution in [-0.4, -0.2) is 52.6 Å². The van der Waals surface area contributed by atoms with Crippen LogP contribution in [0.2, 0.25) is 0 Å². The minimum absolute atomic E-state index is 0.0395. The summed E-state index contributed by atoms with van der Waals surface area (Å²) in [6.07, 6.45) is 3.54. The number of hydrogen-bond acceptors (Lipinski definition) is 7. The van der Waals surface area contributed by atoms with E-state index in [0.717, 1.165) is 24.6 Å². The van der Waals surface area contributed by atoms with Gasteiger partial charge in [-0.1, -0.05) is 5.16 Å². The molecule has 0 bridgehead atoms. The highest BCUT2D eigenvalue weighted by Gasteiger charge is 2.33. The summed E-state index contributed by atoms with van der Waals surface area (Å²) in [5, 5.41) is 13.2. The molecule has 0 aromatic carbocycles. The first kappa shape index (κ1) is 18.4. The summed E-state index contributed by atoms with van der Waals surface area (Å²) in [5.41, 5.74) is 5.72. The Hall–Kier alpha value is -3.01. The molecule has 1 saturated heterocycles. The van der Waals surface area contributed by atoms with Crippen LogP contribution < -0.4 is 16.1 Å². The minimum atomic E-state index is -1.34. The maximum absolute atomic E-state index is 14.9. The Balaban J connectivity index is 1.90. The molecule has 10 heteroatoms. The Morgan fingerprint density at radius 1 is 1.50 bits per heavy atom. The van der Waals surface area contributed by atoms with Crippen LogP contribution in [0.5, 0.6) is 0 Å². The van der Waals surface area contributed by atoms with Gasteiger partial charge in [0.15, 0.2) is 11.6 Å². The van der Waals surface area contributed by atoms with Crippen LogP contribution in [0.15, 0.2) is 22.2 Å². The van der Waals surface area contributed by atoms with Gasteiger partial charge in [0.05, 0.1) is 17.6 Å². The third-order valence-electron chi connectivity index (χ3n) is 5.14. The molecule has 9 nitrogen and oxygen atoms in total. The molecule has 0 radical (unpaired) electrons. The van der Waals surface area contributed by atoms with Gasteiger partial charge in [-0.15, -0.1) is 0 Å². The highest BCUT2D eigenvalue weighted by Crippen LogP contribution is 2.37. The lowest BCUT2D eigenvalue weighted by atomic mass is 10.1.